The number of aromatic nitrogens is 1. The smallest absolute Gasteiger partial charge is 0.321 e. The summed E-state index contributed by atoms with van der Waals surface area (Å²) in [7, 11) is 2.15. The Morgan fingerprint density at radius 3 is 2.88 bits per heavy atom. The van der Waals surface area contributed by atoms with Gasteiger partial charge in [-0.3, -0.25) is 10.2 Å². The number of likely N-dealkylation sites (N-methyl/N-ethyl adjacent to an activating group) is 1. The fourth-order valence-electron chi connectivity index (χ4n) is 3.37. The molecule has 1 aliphatic carbocycles. The molecule has 2 heterocycles. The summed E-state index contributed by atoms with van der Waals surface area (Å²) in [5, 5.41) is 6.63. The summed E-state index contributed by atoms with van der Waals surface area (Å²) in [5.74, 6) is 0.726. The summed E-state index contributed by atoms with van der Waals surface area (Å²) in [4.78, 5) is 22.8. The Morgan fingerprint density at radius 1 is 1.38 bits per heavy atom. The molecule has 1 fully saturated rings. The Morgan fingerprint density at radius 2 is 2.12 bits per heavy atom. The summed E-state index contributed by atoms with van der Waals surface area (Å²) in [6.07, 6.45) is 3.33. The topological polar surface area (TPSA) is 60.5 Å². The lowest BCUT2D eigenvalue weighted by Gasteiger charge is -2.36. The van der Waals surface area contributed by atoms with Gasteiger partial charge in [-0.1, -0.05) is 6.92 Å². The maximum atomic E-state index is 12.1. The molecule has 2 atom stereocenters. The van der Waals surface area contributed by atoms with Crippen LogP contribution in [0.2, 0.25) is 0 Å². The van der Waals surface area contributed by atoms with Gasteiger partial charge >= 0.3 is 6.03 Å². The van der Waals surface area contributed by atoms with Crippen molar-refractivity contribution < 1.29 is 4.79 Å². The number of nitrogens with one attached hydrogen (secondary N) is 2. The predicted molar refractivity (Wildman–Crippen MR) is 98.9 cm³/mol. The van der Waals surface area contributed by atoms with E-state index in [-0.39, 0.29) is 6.03 Å². The molecule has 1 aromatic rings. The maximum absolute atomic E-state index is 12.1. The normalized spacial score (nSPS) is 23.5. The van der Waals surface area contributed by atoms with Crippen LogP contribution in [-0.2, 0) is 12.8 Å². The summed E-state index contributed by atoms with van der Waals surface area (Å²) in [6, 6.07) is 0.213. The van der Waals surface area contributed by atoms with Crippen molar-refractivity contribution in [3.63, 3.8) is 0 Å². The average Bonchev–Trinajstić information content (AvgIpc) is 2.94. The Hall–Kier alpha value is -1.18. The Kier molecular flexibility index (Phi) is 5.73. The van der Waals surface area contributed by atoms with Crippen LogP contribution in [0.25, 0.3) is 0 Å². The monoisotopic (exact) mass is 351 g/mol. The van der Waals surface area contributed by atoms with Crippen LogP contribution in [0.5, 0.6) is 0 Å². The second kappa shape index (κ2) is 7.80. The zero-order chi connectivity index (χ0) is 17.1. The first-order valence-electron chi connectivity index (χ1n) is 8.97. The minimum Gasteiger partial charge on any atom is -0.336 e. The summed E-state index contributed by atoms with van der Waals surface area (Å²) in [6.45, 7) is 9.45. The number of amides is 2. The van der Waals surface area contributed by atoms with Crippen molar-refractivity contribution >= 4 is 22.5 Å². The second-order valence-corrected chi connectivity index (χ2v) is 8.34. The highest BCUT2D eigenvalue weighted by Crippen LogP contribution is 2.31. The molecule has 2 amide bonds. The van der Waals surface area contributed by atoms with Crippen LogP contribution in [0, 0.1) is 5.92 Å². The summed E-state index contributed by atoms with van der Waals surface area (Å²) in [5.41, 5.74) is 1.18. The SMILES string of the molecule is CC1CCc2nc(NC(=O)NCC(C)N3CCN(C)CC3)sc2C1. The molecule has 3 rings (SSSR count). The van der Waals surface area contributed by atoms with Crippen LogP contribution in [0.15, 0.2) is 0 Å². The third kappa shape index (κ3) is 4.46. The van der Waals surface area contributed by atoms with Gasteiger partial charge in [-0.25, -0.2) is 9.78 Å². The van der Waals surface area contributed by atoms with E-state index in [0.29, 0.717) is 12.6 Å². The van der Waals surface area contributed by atoms with Gasteiger partial charge in [-0.2, -0.15) is 0 Å². The number of rotatable bonds is 4. The van der Waals surface area contributed by atoms with E-state index in [1.165, 1.54) is 17.0 Å². The lowest BCUT2D eigenvalue weighted by molar-refractivity contribution is 0.119. The molecule has 0 aromatic carbocycles. The number of carbonyl (C=O) groups is 1. The van der Waals surface area contributed by atoms with E-state index >= 15 is 0 Å². The molecule has 2 aliphatic rings. The first-order valence-corrected chi connectivity index (χ1v) is 9.79. The van der Waals surface area contributed by atoms with E-state index in [2.05, 4.69) is 46.3 Å². The zero-order valence-electron chi connectivity index (χ0n) is 15.0. The zero-order valence-corrected chi connectivity index (χ0v) is 15.8. The molecule has 134 valence electrons. The molecule has 1 saturated heterocycles. The molecule has 0 saturated carbocycles. The molecule has 0 radical (unpaired) electrons. The van der Waals surface area contributed by atoms with E-state index in [9.17, 15) is 4.79 Å². The lowest BCUT2D eigenvalue weighted by atomic mass is 9.93. The van der Waals surface area contributed by atoms with Gasteiger partial charge in [0.25, 0.3) is 0 Å². The minimum absolute atomic E-state index is 0.143. The average molecular weight is 352 g/mol. The van der Waals surface area contributed by atoms with Gasteiger partial charge in [-0.15, -0.1) is 11.3 Å². The number of hydrogen-bond acceptors (Lipinski definition) is 5. The third-order valence-electron chi connectivity index (χ3n) is 5.13. The Bertz CT molecular complexity index is 567. The van der Waals surface area contributed by atoms with Crippen LogP contribution in [0.1, 0.15) is 30.8 Å². The van der Waals surface area contributed by atoms with Gasteiger partial charge in [0, 0.05) is 43.6 Å². The predicted octanol–water partition coefficient (Wildman–Crippen LogP) is 2.03. The molecule has 24 heavy (non-hydrogen) atoms. The third-order valence-corrected chi connectivity index (χ3v) is 6.16. The quantitative estimate of drug-likeness (QED) is 0.871. The van der Waals surface area contributed by atoms with E-state index in [1.807, 2.05) is 0 Å². The van der Waals surface area contributed by atoms with Crippen molar-refractivity contribution in [1.29, 1.82) is 0 Å². The van der Waals surface area contributed by atoms with Gasteiger partial charge in [0.15, 0.2) is 5.13 Å². The summed E-state index contributed by atoms with van der Waals surface area (Å²) >= 11 is 1.63. The number of hydrogen-bond donors (Lipinski definition) is 2. The fraction of sp³-hybridized carbons (Fsp3) is 0.765. The van der Waals surface area contributed by atoms with Gasteiger partial charge in [-0.05, 0) is 39.2 Å². The highest BCUT2D eigenvalue weighted by atomic mass is 32.1. The largest absolute Gasteiger partial charge is 0.336 e. The highest BCUT2D eigenvalue weighted by Gasteiger charge is 2.21. The summed E-state index contributed by atoms with van der Waals surface area (Å²) < 4.78 is 0. The molecule has 0 spiro atoms. The van der Waals surface area contributed by atoms with Crippen LogP contribution < -0.4 is 10.6 Å². The van der Waals surface area contributed by atoms with Crippen molar-refractivity contribution in [3.8, 4) is 0 Å². The maximum Gasteiger partial charge on any atom is 0.321 e. The van der Waals surface area contributed by atoms with Crippen LogP contribution in [0.3, 0.4) is 0 Å². The van der Waals surface area contributed by atoms with Crippen LogP contribution in [0.4, 0.5) is 9.93 Å². The fourth-order valence-corrected chi connectivity index (χ4v) is 4.53. The standard InChI is InChI=1S/C17H29N5OS/c1-12-4-5-14-15(10-12)24-17(19-14)20-16(23)18-11-13(2)22-8-6-21(3)7-9-22/h12-13H,4-11H2,1-3H3,(H2,18,19,20,23). The van der Waals surface area contributed by atoms with Gasteiger partial charge < -0.3 is 10.2 Å². The number of piperazine rings is 1. The molecule has 6 nitrogen and oxygen atoms in total. The number of aryl methyl sites for hydroxylation is 1. The molecule has 2 N–H and O–H groups in total. The molecular formula is C17H29N5OS. The molecular weight excluding hydrogens is 322 g/mol. The first-order chi connectivity index (χ1) is 11.5. The van der Waals surface area contributed by atoms with E-state index < -0.39 is 0 Å². The van der Waals surface area contributed by atoms with E-state index in [1.54, 1.807) is 11.3 Å². The van der Waals surface area contributed by atoms with Crippen molar-refractivity contribution in [3.05, 3.63) is 10.6 Å². The van der Waals surface area contributed by atoms with E-state index in [4.69, 9.17) is 0 Å². The molecule has 7 heteroatoms. The van der Waals surface area contributed by atoms with Gasteiger partial charge in [0.05, 0.1) is 5.69 Å². The molecule has 1 aromatic heterocycles. The van der Waals surface area contributed by atoms with Crippen molar-refractivity contribution in [2.75, 3.05) is 45.1 Å². The minimum atomic E-state index is -0.143. The van der Waals surface area contributed by atoms with Crippen molar-refractivity contribution in [2.24, 2.45) is 5.92 Å². The number of carbonyl (C=O) groups excluding carboxylic acids is 1. The highest BCUT2D eigenvalue weighted by molar-refractivity contribution is 7.15. The molecule has 2 unspecified atom stereocenters. The molecule has 0 bridgehead atoms. The van der Waals surface area contributed by atoms with E-state index in [0.717, 1.165) is 50.1 Å². The molecule has 1 aliphatic heterocycles. The number of anilines is 1. The number of nitrogens with zero attached hydrogens (tertiary/aromatic N) is 3. The number of fused-ring (bicyclic) bond motifs is 1. The van der Waals surface area contributed by atoms with Gasteiger partial charge in [0.1, 0.15) is 0 Å². The number of thiazole rings is 1. The number of urea groups is 1. The second-order valence-electron chi connectivity index (χ2n) is 7.26. The Labute approximate surface area is 148 Å². The van der Waals surface area contributed by atoms with Crippen LogP contribution in [-0.4, -0.2) is 66.6 Å². The van der Waals surface area contributed by atoms with Crippen molar-refractivity contribution in [2.45, 2.75) is 39.2 Å². The van der Waals surface area contributed by atoms with Crippen molar-refractivity contribution in [1.82, 2.24) is 20.1 Å². The first kappa shape index (κ1) is 17.6. The Balaban J connectivity index is 1.44. The van der Waals surface area contributed by atoms with Crippen LogP contribution >= 0.6 is 11.3 Å². The lowest BCUT2D eigenvalue weighted by Crippen LogP contribution is -2.51. The van der Waals surface area contributed by atoms with Gasteiger partial charge in [0.2, 0.25) is 0 Å².